The largest absolute Gasteiger partial charge is 0.302 e. The highest BCUT2D eigenvalue weighted by molar-refractivity contribution is 6.33. The monoisotopic (exact) mass is 333 g/mol. The second kappa shape index (κ2) is 6.21. The van der Waals surface area contributed by atoms with Gasteiger partial charge >= 0.3 is 0 Å². The van der Waals surface area contributed by atoms with Gasteiger partial charge in [-0.2, -0.15) is 10.2 Å². The Morgan fingerprint density at radius 2 is 2.00 bits per heavy atom. The average molecular weight is 334 g/mol. The van der Waals surface area contributed by atoms with Gasteiger partial charge in [-0.25, -0.2) is 4.39 Å². The smallest absolute Gasteiger partial charge is 0.277 e. The van der Waals surface area contributed by atoms with Gasteiger partial charge < -0.3 is 5.32 Å². The first-order valence-electron chi connectivity index (χ1n) is 6.79. The molecule has 0 aliphatic rings. The molecule has 2 heterocycles. The summed E-state index contributed by atoms with van der Waals surface area (Å²) in [7, 11) is 1.72. The molecule has 2 aromatic heterocycles. The zero-order chi connectivity index (χ0) is 16.4. The molecule has 1 N–H and O–H groups in total. The Morgan fingerprint density at radius 1 is 1.26 bits per heavy atom. The maximum atomic E-state index is 12.9. The number of carbonyl (C=O) groups excluding carboxylic acids is 1. The van der Waals surface area contributed by atoms with E-state index in [2.05, 4.69) is 15.5 Å². The van der Waals surface area contributed by atoms with Crippen LogP contribution in [0.25, 0.3) is 0 Å². The molecule has 1 aromatic carbocycles. The summed E-state index contributed by atoms with van der Waals surface area (Å²) < 4.78 is 16.0. The van der Waals surface area contributed by atoms with Crippen molar-refractivity contribution in [2.45, 2.75) is 6.54 Å². The fourth-order valence-electron chi connectivity index (χ4n) is 2.05. The lowest BCUT2D eigenvalue weighted by molar-refractivity contribution is 0.102. The molecule has 8 heteroatoms. The van der Waals surface area contributed by atoms with E-state index in [0.29, 0.717) is 11.6 Å². The molecule has 0 atom stereocenters. The number of carbonyl (C=O) groups is 1. The van der Waals surface area contributed by atoms with E-state index < -0.39 is 0 Å². The van der Waals surface area contributed by atoms with Crippen molar-refractivity contribution in [3.63, 3.8) is 0 Å². The maximum Gasteiger partial charge on any atom is 0.277 e. The van der Waals surface area contributed by atoms with E-state index in [1.54, 1.807) is 42.3 Å². The minimum Gasteiger partial charge on any atom is -0.302 e. The molecular formula is C15H13ClFN5O. The van der Waals surface area contributed by atoms with Crippen molar-refractivity contribution in [3.05, 3.63) is 64.8 Å². The third-order valence-electron chi connectivity index (χ3n) is 3.15. The number of hydrogen-bond acceptors (Lipinski definition) is 3. The van der Waals surface area contributed by atoms with E-state index in [9.17, 15) is 9.18 Å². The zero-order valence-corrected chi connectivity index (χ0v) is 13.0. The number of rotatable bonds is 4. The molecule has 0 bridgehead atoms. The van der Waals surface area contributed by atoms with Gasteiger partial charge in [-0.1, -0.05) is 23.7 Å². The molecule has 0 saturated heterocycles. The van der Waals surface area contributed by atoms with E-state index in [-0.39, 0.29) is 23.2 Å². The summed E-state index contributed by atoms with van der Waals surface area (Å²) in [5, 5.41) is 11.2. The SMILES string of the molecule is Cn1ccc(C(=O)Nc2nn(Cc3ccc(F)cc3)cc2Cl)n1. The van der Waals surface area contributed by atoms with Crippen LogP contribution in [0.4, 0.5) is 10.2 Å². The van der Waals surface area contributed by atoms with Crippen molar-refractivity contribution in [3.8, 4) is 0 Å². The summed E-state index contributed by atoms with van der Waals surface area (Å²) in [5.74, 6) is -0.431. The Bertz CT molecular complexity index is 840. The quantitative estimate of drug-likeness (QED) is 0.798. The van der Waals surface area contributed by atoms with Gasteiger partial charge in [0.25, 0.3) is 5.91 Å². The standard InChI is InChI=1S/C15H13ClFN5O/c1-21-7-6-13(19-21)15(23)18-14-12(16)9-22(20-14)8-10-2-4-11(17)5-3-10/h2-7,9H,8H2,1H3,(H,18,20,23). The topological polar surface area (TPSA) is 64.7 Å². The van der Waals surface area contributed by atoms with Gasteiger partial charge in [-0.3, -0.25) is 14.2 Å². The van der Waals surface area contributed by atoms with Gasteiger partial charge in [0, 0.05) is 19.4 Å². The zero-order valence-electron chi connectivity index (χ0n) is 12.2. The molecule has 0 spiro atoms. The van der Waals surface area contributed by atoms with Crippen LogP contribution >= 0.6 is 11.6 Å². The van der Waals surface area contributed by atoms with Gasteiger partial charge in [-0.15, -0.1) is 0 Å². The van der Waals surface area contributed by atoms with Crippen LogP contribution in [0.5, 0.6) is 0 Å². The number of halogens is 2. The molecule has 0 saturated carbocycles. The van der Waals surface area contributed by atoms with E-state index in [0.717, 1.165) is 5.56 Å². The molecule has 3 rings (SSSR count). The molecule has 0 aliphatic heterocycles. The van der Waals surface area contributed by atoms with Crippen molar-refractivity contribution in [1.29, 1.82) is 0 Å². The summed E-state index contributed by atoms with van der Waals surface area (Å²) >= 11 is 6.09. The number of anilines is 1. The van der Waals surface area contributed by atoms with Crippen molar-refractivity contribution < 1.29 is 9.18 Å². The molecule has 0 aliphatic carbocycles. The third kappa shape index (κ3) is 3.57. The van der Waals surface area contributed by atoms with E-state index in [1.807, 2.05) is 0 Å². The van der Waals surface area contributed by atoms with Gasteiger partial charge in [-0.05, 0) is 23.8 Å². The summed E-state index contributed by atoms with van der Waals surface area (Å²) in [5.41, 5.74) is 1.14. The normalized spacial score (nSPS) is 10.7. The summed E-state index contributed by atoms with van der Waals surface area (Å²) in [6.45, 7) is 0.416. The van der Waals surface area contributed by atoms with Crippen molar-refractivity contribution in [2.75, 3.05) is 5.32 Å². The lowest BCUT2D eigenvalue weighted by Crippen LogP contribution is -2.14. The summed E-state index contributed by atoms with van der Waals surface area (Å²) in [6.07, 6.45) is 3.27. The molecule has 118 valence electrons. The first-order chi connectivity index (χ1) is 11.0. The highest BCUT2D eigenvalue weighted by Gasteiger charge is 2.14. The number of nitrogens with one attached hydrogen (secondary N) is 1. The second-order valence-corrected chi connectivity index (χ2v) is 5.39. The van der Waals surface area contributed by atoms with Crippen molar-refractivity contribution >= 4 is 23.3 Å². The predicted molar refractivity (Wildman–Crippen MR) is 83.9 cm³/mol. The lowest BCUT2D eigenvalue weighted by atomic mass is 10.2. The summed E-state index contributed by atoms with van der Waals surface area (Å²) in [6, 6.07) is 7.68. The minimum atomic E-state index is -0.389. The Hall–Kier alpha value is -2.67. The molecule has 1 amide bonds. The number of aromatic nitrogens is 4. The van der Waals surface area contributed by atoms with Crippen LogP contribution in [0, 0.1) is 5.82 Å². The molecule has 6 nitrogen and oxygen atoms in total. The minimum absolute atomic E-state index is 0.254. The van der Waals surface area contributed by atoms with Crippen LogP contribution in [0.1, 0.15) is 16.1 Å². The Kier molecular flexibility index (Phi) is 4.12. The molecule has 0 radical (unpaired) electrons. The van der Waals surface area contributed by atoms with Crippen LogP contribution in [0.3, 0.4) is 0 Å². The first-order valence-corrected chi connectivity index (χ1v) is 7.17. The summed E-state index contributed by atoms with van der Waals surface area (Å²) in [4.78, 5) is 12.0. The highest BCUT2D eigenvalue weighted by atomic mass is 35.5. The van der Waals surface area contributed by atoms with E-state index >= 15 is 0 Å². The van der Waals surface area contributed by atoms with Crippen LogP contribution in [0.15, 0.2) is 42.7 Å². The maximum absolute atomic E-state index is 12.9. The third-order valence-corrected chi connectivity index (χ3v) is 3.43. The van der Waals surface area contributed by atoms with Crippen LogP contribution in [0.2, 0.25) is 5.02 Å². The average Bonchev–Trinajstić information content (AvgIpc) is 3.08. The van der Waals surface area contributed by atoms with Gasteiger partial charge in [0.05, 0.1) is 6.54 Å². The van der Waals surface area contributed by atoms with Gasteiger partial charge in [0.1, 0.15) is 10.8 Å². The first kappa shape index (κ1) is 15.2. The highest BCUT2D eigenvalue weighted by Crippen LogP contribution is 2.20. The van der Waals surface area contributed by atoms with Crippen molar-refractivity contribution in [1.82, 2.24) is 19.6 Å². The number of amides is 1. The molecular weight excluding hydrogens is 321 g/mol. The van der Waals surface area contributed by atoms with E-state index in [4.69, 9.17) is 11.6 Å². The fraction of sp³-hybridized carbons (Fsp3) is 0.133. The molecule has 23 heavy (non-hydrogen) atoms. The second-order valence-electron chi connectivity index (χ2n) is 4.98. The molecule has 0 unspecified atom stereocenters. The van der Waals surface area contributed by atoms with Crippen molar-refractivity contribution in [2.24, 2.45) is 7.05 Å². The molecule has 0 fully saturated rings. The molecule has 3 aromatic rings. The van der Waals surface area contributed by atoms with Gasteiger partial charge in [0.2, 0.25) is 0 Å². The Morgan fingerprint density at radius 3 is 2.65 bits per heavy atom. The van der Waals surface area contributed by atoms with Crippen LogP contribution in [-0.4, -0.2) is 25.5 Å². The number of hydrogen-bond donors (Lipinski definition) is 1. The van der Waals surface area contributed by atoms with Gasteiger partial charge in [0.15, 0.2) is 11.5 Å². The number of aryl methyl sites for hydroxylation is 1. The number of nitrogens with zero attached hydrogens (tertiary/aromatic N) is 4. The van der Waals surface area contributed by atoms with E-state index in [1.165, 1.54) is 16.8 Å². The Balaban J connectivity index is 1.73. The van der Waals surface area contributed by atoms with Crippen LogP contribution < -0.4 is 5.32 Å². The fourth-order valence-corrected chi connectivity index (χ4v) is 2.25. The number of benzene rings is 1. The predicted octanol–water partition coefficient (Wildman–Crippen LogP) is 2.71. The van der Waals surface area contributed by atoms with Crippen LogP contribution in [-0.2, 0) is 13.6 Å². The lowest BCUT2D eigenvalue weighted by Gasteiger charge is -2.02. The Labute approximate surface area is 136 Å².